The third-order valence-electron chi connectivity index (χ3n) is 6.96. The lowest BCUT2D eigenvalue weighted by Gasteiger charge is -2.43. The molecule has 1 unspecified atom stereocenters. The molecule has 1 aliphatic rings. The lowest BCUT2D eigenvalue weighted by molar-refractivity contribution is -0.139. The van der Waals surface area contributed by atoms with E-state index in [-0.39, 0.29) is 5.91 Å². The predicted octanol–water partition coefficient (Wildman–Crippen LogP) is 5.92. The van der Waals surface area contributed by atoms with Gasteiger partial charge in [0.1, 0.15) is 5.69 Å². The first-order chi connectivity index (χ1) is 15.3. The topological polar surface area (TPSA) is 71.3 Å². The quantitative estimate of drug-likeness (QED) is 0.467. The third kappa shape index (κ3) is 3.79. The van der Waals surface area contributed by atoms with Gasteiger partial charge in [-0.2, -0.15) is 0 Å². The predicted molar refractivity (Wildman–Crippen MR) is 127 cm³/mol. The number of carbonyl (C=O) groups excluding carboxylic acids is 1. The van der Waals surface area contributed by atoms with E-state index in [1.165, 1.54) is 0 Å². The lowest BCUT2D eigenvalue weighted by Crippen LogP contribution is -2.51. The summed E-state index contributed by atoms with van der Waals surface area (Å²) in [5, 5.41) is 14.5. The fourth-order valence-electron chi connectivity index (χ4n) is 4.80. The average Bonchev–Trinajstić information content (AvgIpc) is 3.09. The summed E-state index contributed by atoms with van der Waals surface area (Å²) in [4.78, 5) is 24.9. The smallest absolute Gasteiger partial charge is 0.310 e. The molecule has 1 heterocycles. The number of halogens is 1. The minimum Gasteiger partial charge on any atom is -0.481 e. The molecule has 1 amide bonds. The van der Waals surface area contributed by atoms with Crippen molar-refractivity contribution in [1.82, 2.24) is 9.88 Å². The van der Waals surface area contributed by atoms with E-state index in [2.05, 4.69) is 5.32 Å². The average molecular weight is 453 g/mol. The largest absolute Gasteiger partial charge is 0.481 e. The van der Waals surface area contributed by atoms with Crippen molar-refractivity contribution in [2.24, 2.45) is 7.05 Å². The van der Waals surface area contributed by atoms with Crippen LogP contribution in [-0.4, -0.2) is 21.6 Å². The van der Waals surface area contributed by atoms with Crippen molar-refractivity contribution in [2.75, 3.05) is 0 Å². The number of carboxylic acids is 1. The van der Waals surface area contributed by atoms with Crippen LogP contribution in [0, 0.1) is 6.92 Å². The first kappa shape index (κ1) is 22.4. The molecule has 32 heavy (non-hydrogen) atoms. The Morgan fingerprint density at radius 1 is 1.19 bits per heavy atom. The molecule has 0 spiro atoms. The van der Waals surface area contributed by atoms with Crippen LogP contribution in [0.3, 0.4) is 0 Å². The second-order valence-electron chi connectivity index (χ2n) is 8.89. The Morgan fingerprint density at radius 2 is 1.88 bits per heavy atom. The van der Waals surface area contributed by atoms with Crippen LogP contribution in [0.25, 0.3) is 10.9 Å². The maximum absolute atomic E-state index is 13.3. The van der Waals surface area contributed by atoms with E-state index in [4.69, 9.17) is 11.6 Å². The van der Waals surface area contributed by atoms with Gasteiger partial charge >= 0.3 is 5.97 Å². The van der Waals surface area contributed by atoms with Gasteiger partial charge in [-0.3, -0.25) is 9.59 Å². The first-order valence-electron chi connectivity index (χ1n) is 11.2. The minimum absolute atomic E-state index is 0.114. The molecule has 1 saturated carbocycles. The Bertz CT molecular complexity index is 1180. The number of hydrogen-bond donors (Lipinski definition) is 2. The van der Waals surface area contributed by atoms with Gasteiger partial charge in [-0.15, -0.1) is 0 Å². The fourth-order valence-corrected chi connectivity index (χ4v) is 4.96. The van der Waals surface area contributed by atoms with E-state index in [0.717, 1.165) is 53.3 Å². The summed E-state index contributed by atoms with van der Waals surface area (Å²) < 4.78 is 1.91. The molecule has 2 aromatic carbocycles. The van der Waals surface area contributed by atoms with Gasteiger partial charge in [-0.1, -0.05) is 49.2 Å². The van der Waals surface area contributed by atoms with Crippen LogP contribution in [0.5, 0.6) is 0 Å². The lowest BCUT2D eigenvalue weighted by atomic mass is 9.71. The Hall–Kier alpha value is -2.79. The van der Waals surface area contributed by atoms with Crippen LogP contribution in [0.1, 0.15) is 72.1 Å². The first-order valence-corrected chi connectivity index (χ1v) is 11.6. The third-order valence-corrected chi connectivity index (χ3v) is 7.37. The molecule has 1 fully saturated rings. The second-order valence-corrected chi connectivity index (χ2v) is 9.29. The number of carbonyl (C=O) groups is 2. The number of aromatic nitrogens is 1. The second kappa shape index (κ2) is 8.62. The van der Waals surface area contributed by atoms with Crippen molar-refractivity contribution in [3.8, 4) is 0 Å². The number of fused-ring (bicyclic) bond motifs is 1. The summed E-state index contributed by atoms with van der Waals surface area (Å²) in [6, 6.07) is 13.5. The molecule has 4 rings (SSSR count). The molecule has 6 heteroatoms. The maximum Gasteiger partial charge on any atom is 0.310 e. The van der Waals surface area contributed by atoms with Crippen LogP contribution < -0.4 is 5.32 Å². The number of amides is 1. The number of rotatable bonds is 7. The number of carboxylic acid groups (broad SMARTS) is 1. The Balaban J connectivity index is 1.61. The molecule has 1 atom stereocenters. The van der Waals surface area contributed by atoms with Gasteiger partial charge in [-0.25, -0.2) is 0 Å². The van der Waals surface area contributed by atoms with E-state index >= 15 is 0 Å². The Kier molecular flexibility index (Phi) is 6.04. The zero-order valence-corrected chi connectivity index (χ0v) is 19.5. The van der Waals surface area contributed by atoms with Crippen molar-refractivity contribution >= 4 is 34.4 Å². The highest BCUT2D eigenvalue weighted by Gasteiger charge is 2.40. The number of aryl methyl sites for hydroxylation is 2. The molecule has 2 N–H and O–H groups in total. The fraction of sp³-hybridized carbons (Fsp3) is 0.385. The van der Waals surface area contributed by atoms with E-state index in [1.54, 1.807) is 0 Å². The van der Waals surface area contributed by atoms with Crippen molar-refractivity contribution in [2.45, 2.75) is 57.4 Å². The normalized spacial score (nSPS) is 15.9. The molecule has 168 valence electrons. The highest BCUT2D eigenvalue weighted by Crippen LogP contribution is 2.42. The van der Waals surface area contributed by atoms with Gasteiger partial charge < -0.3 is 15.0 Å². The summed E-state index contributed by atoms with van der Waals surface area (Å²) >= 11 is 6.27. The summed E-state index contributed by atoms with van der Waals surface area (Å²) in [7, 11) is 1.90. The summed E-state index contributed by atoms with van der Waals surface area (Å²) in [5.41, 5.74) is 3.96. The van der Waals surface area contributed by atoms with Crippen molar-refractivity contribution in [3.05, 3.63) is 69.9 Å². The minimum atomic E-state index is -0.794. The molecule has 1 aliphatic carbocycles. The highest BCUT2D eigenvalue weighted by molar-refractivity contribution is 6.32. The zero-order valence-electron chi connectivity index (χ0n) is 18.7. The van der Waals surface area contributed by atoms with Gasteiger partial charge in [0.2, 0.25) is 0 Å². The van der Waals surface area contributed by atoms with Crippen LogP contribution in [0.2, 0.25) is 5.02 Å². The maximum atomic E-state index is 13.3. The summed E-state index contributed by atoms with van der Waals surface area (Å²) in [5.74, 6) is -1.40. The molecule has 5 nitrogen and oxygen atoms in total. The molecule has 0 radical (unpaired) electrons. The SMILES string of the molecule is CCCC(C(=O)O)c1ccc(C2(NC(=O)c3cc4c(C)c(Cl)ccc4n3C)CCC2)cc1. The standard InChI is InChI=1S/C26H29ClN2O3/c1-4-6-19(25(31)32)17-7-9-18(10-8-17)26(13-5-14-26)28-24(30)23-15-20-16(2)21(27)11-12-22(20)29(23)3/h7-12,15,19H,4-6,13-14H2,1-3H3,(H,28,30)(H,31,32). The van der Waals surface area contributed by atoms with Gasteiger partial charge in [0.05, 0.1) is 11.5 Å². The monoisotopic (exact) mass is 452 g/mol. The van der Waals surface area contributed by atoms with E-state index < -0.39 is 17.4 Å². The molecule has 0 saturated heterocycles. The Labute approximate surface area is 193 Å². The molecular formula is C26H29ClN2O3. The molecular weight excluding hydrogens is 424 g/mol. The molecule has 0 bridgehead atoms. The van der Waals surface area contributed by atoms with E-state index in [1.807, 2.05) is 67.9 Å². The molecule has 0 aliphatic heterocycles. The van der Waals surface area contributed by atoms with Gasteiger partial charge in [0.25, 0.3) is 5.91 Å². The van der Waals surface area contributed by atoms with Crippen molar-refractivity contribution < 1.29 is 14.7 Å². The molecule has 1 aromatic heterocycles. The van der Waals surface area contributed by atoms with Crippen LogP contribution in [0.4, 0.5) is 0 Å². The van der Waals surface area contributed by atoms with Crippen LogP contribution >= 0.6 is 11.6 Å². The van der Waals surface area contributed by atoms with Gasteiger partial charge in [0.15, 0.2) is 0 Å². The number of nitrogens with one attached hydrogen (secondary N) is 1. The number of aliphatic carboxylic acids is 1. The van der Waals surface area contributed by atoms with Crippen molar-refractivity contribution in [3.63, 3.8) is 0 Å². The van der Waals surface area contributed by atoms with Gasteiger partial charge in [0, 0.05) is 23.0 Å². The van der Waals surface area contributed by atoms with Crippen LogP contribution in [-0.2, 0) is 17.4 Å². The molecule has 3 aromatic rings. The number of benzene rings is 2. The van der Waals surface area contributed by atoms with Crippen molar-refractivity contribution in [1.29, 1.82) is 0 Å². The number of nitrogens with zero attached hydrogens (tertiary/aromatic N) is 1. The Morgan fingerprint density at radius 3 is 2.44 bits per heavy atom. The van der Waals surface area contributed by atoms with Gasteiger partial charge in [-0.05, 0) is 67.5 Å². The summed E-state index contributed by atoms with van der Waals surface area (Å²) in [6.07, 6.45) is 4.20. The van der Waals surface area contributed by atoms with Crippen LogP contribution in [0.15, 0.2) is 42.5 Å². The zero-order chi connectivity index (χ0) is 23.0. The van der Waals surface area contributed by atoms with E-state index in [9.17, 15) is 14.7 Å². The van der Waals surface area contributed by atoms with E-state index in [0.29, 0.717) is 17.1 Å². The highest BCUT2D eigenvalue weighted by atomic mass is 35.5. The summed E-state index contributed by atoms with van der Waals surface area (Å²) in [6.45, 7) is 3.95. The number of hydrogen-bond acceptors (Lipinski definition) is 2.